The van der Waals surface area contributed by atoms with E-state index < -0.39 is 0 Å². The van der Waals surface area contributed by atoms with Gasteiger partial charge in [-0.2, -0.15) is 0 Å². The van der Waals surface area contributed by atoms with E-state index in [1.54, 1.807) is 0 Å². The van der Waals surface area contributed by atoms with Gasteiger partial charge in [0.15, 0.2) is 0 Å². The SMILES string of the molecule is CC(C)CC(CCC(=O)CCC(=O)OC1CC(C)(C)N(C)C(C)(C)C1)CC(C)C. The Morgan fingerprint density at radius 3 is 1.83 bits per heavy atom. The number of nitrogens with zero attached hydrogens (tertiary/aromatic N) is 1. The van der Waals surface area contributed by atoms with Crippen LogP contribution in [0.4, 0.5) is 0 Å². The van der Waals surface area contributed by atoms with Gasteiger partial charge in [0.1, 0.15) is 11.9 Å². The van der Waals surface area contributed by atoms with Crippen molar-refractivity contribution >= 4 is 11.8 Å². The third kappa shape index (κ3) is 9.19. The number of piperidine rings is 1. The molecule has 0 bridgehead atoms. The van der Waals surface area contributed by atoms with Crippen molar-refractivity contribution in [1.82, 2.24) is 4.90 Å². The Morgan fingerprint density at radius 2 is 1.38 bits per heavy atom. The fourth-order valence-electron chi connectivity index (χ4n) is 5.00. The summed E-state index contributed by atoms with van der Waals surface area (Å²) < 4.78 is 5.77. The van der Waals surface area contributed by atoms with Crippen LogP contribution in [0, 0.1) is 17.8 Å². The fourth-order valence-corrected chi connectivity index (χ4v) is 5.00. The molecule has 1 fully saturated rings. The first kappa shape index (κ1) is 26.1. The molecule has 0 radical (unpaired) electrons. The van der Waals surface area contributed by atoms with Crippen LogP contribution in [0.3, 0.4) is 0 Å². The molecular formula is C25H47NO3. The zero-order valence-electron chi connectivity index (χ0n) is 20.6. The summed E-state index contributed by atoms with van der Waals surface area (Å²) in [6.45, 7) is 17.8. The number of likely N-dealkylation sites (tertiary alicyclic amines) is 1. The van der Waals surface area contributed by atoms with Crippen molar-refractivity contribution in [3.8, 4) is 0 Å². The lowest BCUT2D eigenvalue weighted by Gasteiger charge is -2.53. The maximum atomic E-state index is 12.4. The van der Waals surface area contributed by atoms with Crippen LogP contribution >= 0.6 is 0 Å². The van der Waals surface area contributed by atoms with E-state index in [2.05, 4.69) is 67.3 Å². The third-order valence-corrected chi connectivity index (χ3v) is 6.62. The van der Waals surface area contributed by atoms with Crippen LogP contribution in [-0.4, -0.2) is 40.9 Å². The topological polar surface area (TPSA) is 46.6 Å². The average molecular weight is 410 g/mol. The van der Waals surface area contributed by atoms with E-state index in [0.29, 0.717) is 30.6 Å². The lowest BCUT2D eigenvalue weighted by molar-refractivity contribution is -0.159. The molecule has 0 aromatic rings. The summed E-state index contributed by atoms with van der Waals surface area (Å²) in [6, 6.07) is 0. The molecule has 170 valence electrons. The average Bonchev–Trinajstić information content (AvgIpc) is 2.54. The highest BCUT2D eigenvalue weighted by atomic mass is 16.5. The molecule has 0 unspecified atom stereocenters. The van der Waals surface area contributed by atoms with Gasteiger partial charge in [-0.05, 0) is 71.8 Å². The number of rotatable bonds is 11. The van der Waals surface area contributed by atoms with Crippen LogP contribution in [0.5, 0.6) is 0 Å². The number of hydrogen-bond donors (Lipinski definition) is 0. The third-order valence-electron chi connectivity index (χ3n) is 6.62. The first-order valence-corrected chi connectivity index (χ1v) is 11.7. The number of ether oxygens (including phenoxy) is 1. The van der Waals surface area contributed by atoms with Crippen LogP contribution in [0.25, 0.3) is 0 Å². The van der Waals surface area contributed by atoms with Gasteiger partial charge in [-0.15, -0.1) is 0 Å². The van der Waals surface area contributed by atoms with E-state index in [4.69, 9.17) is 4.74 Å². The van der Waals surface area contributed by atoms with Crippen LogP contribution in [0.2, 0.25) is 0 Å². The number of hydrogen-bond acceptors (Lipinski definition) is 4. The van der Waals surface area contributed by atoms with Gasteiger partial charge in [0.25, 0.3) is 0 Å². The minimum absolute atomic E-state index is 0.00957. The normalized spacial score (nSPS) is 19.9. The Morgan fingerprint density at radius 1 is 0.897 bits per heavy atom. The summed E-state index contributed by atoms with van der Waals surface area (Å²) >= 11 is 0. The van der Waals surface area contributed by atoms with Gasteiger partial charge in [-0.3, -0.25) is 14.5 Å². The van der Waals surface area contributed by atoms with Crippen molar-refractivity contribution in [3.63, 3.8) is 0 Å². The van der Waals surface area contributed by atoms with Gasteiger partial charge >= 0.3 is 5.97 Å². The summed E-state index contributed by atoms with van der Waals surface area (Å²) in [5.41, 5.74) is -0.0191. The Balaban J connectivity index is 2.43. The molecule has 1 heterocycles. The quantitative estimate of drug-likeness (QED) is 0.392. The van der Waals surface area contributed by atoms with Crippen LogP contribution in [0.1, 0.15) is 107 Å². The number of Topliss-reactive ketones (excluding diaryl/α,β-unsaturated/α-hetero) is 1. The van der Waals surface area contributed by atoms with Crippen LogP contribution < -0.4 is 0 Å². The molecule has 1 rings (SSSR count). The Kier molecular flexibility index (Phi) is 9.85. The van der Waals surface area contributed by atoms with Crippen LogP contribution in [-0.2, 0) is 14.3 Å². The molecule has 0 spiro atoms. The van der Waals surface area contributed by atoms with E-state index >= 15 is 0 Å². The second-order valence-electron chi connectivity index (χ2n) is 11.4. The van der Waals surface area contributed by atoms with Crippen molar-refractivity contribution in [2.45, 2.75) is 124 Å². The van der Waals surface area contributed by atoms with Crippen molar-refractivity contribution in [1.29, 1.82) is 0 Å². The molecule has 0 N–H and O–H groups in total. The maximum Gasteiger partial charge on any atom is 0.306 e. The highest BCUT2D eigenvalue weighted by molar-refractivity contribution is 5.82. The summed E-state index contributed by atoms with van der Waals surface area (Å²) in [5.74, 6) is 1.90. The first-order chi connectivity index (χ1) is 13.2. The lowest BCUT2D eigenvalue weighted by Crippen LogP contribution is -2.60. The Labute approximate surface area is 180 Å². The minimum Gasteiger partial charge on any atom is -0.462 e. The van der Waals surface area contributed by atoms with Gasteiger partial charge in [-0.25, -0.2) is 0 Å². The van der Waals surface area contributed by atoms with E-state index in [9.17, 15) is 9.59 Å². The largest absolute Gasteiger partial charge is 0.462 e. The molecule has 29 heavy (non-hydrogen) atoms. The molecule has 0 aromatic carbocycles. The molecule has 0 amide bonds. The van der Waals surface area contributed by atoms with Gasteiger partial charge in [0, 0.05) is 36.8 Å². The second-order valence-corrected chi connectivity index (χ2v) is 11.4. The van der Waals surface area contributed by atoms with Crippen molar-refractivity contribution in [2.24, 2.45) is 17.8 Å². The number of carbonyl (C=O) groups excluding carboxylic acids is 2. The lowest BCUT2D eigenvalue weighted by atomic mass is 9.79. The monoisotopic (exact) mass is 409 g/mol. The zero-order valence-corrected chi connectivity index (χ0v) is 20.6. The van der Waals surface area contributed by atoms with Crippen molar-refractivity contribution < 1.29 is 14.3 Å². The molecule has 4 heteroatoms. The molecule has 0 atom stereocenters. The van der Waals surface area contributed by atoms with E-state index in [-0.39, 0.29) is 35.4 Å². The zero-order chi connectivity index (χ0) is 22.4. The smallest absolute Gasteiger partial charge is 0.306 e. The summed E-state index contributed by atoms with van der Waals surface area (Å²) in [6.07, 6.45) is 6.01. The first-order valence-electron chi connectivity index (χ1n) is 11.7. The van der Waals surface area contributed by atoms with Gasteiger partial charge in [0.05, 0.1) is 6.42 Å². The second kappa shape index (κ2) is 10.9. The van der Waals surface area contributed by atoms with E-state index in [1.165, 1.54) is 12.8 Å². The number of ketones is 1. The molecule has 0 saturated carbocycles. The van der Waals surface area contributed by atoms with Crippen molar-refractivity contribution in [2.75, 3.05) is 7.05 Å². The highest BCUT2D eigenvalue weighted by Crippen LogP contribution is 2.38. The van der Waals surface area contributed by atoms with E-state index in [1.807, 2.05) is 0 Å². The molecule has 1 aliphatic heterocycles. The minimum atomic E-state index is -0.222. The number of carbonyl (C=O) groups is 2. The van der Waals surface area contributed by atoms with Crippen LogP contribution in [0.15, 0.2) is 0 Å². The molecule has 1 aliphatic rings. The standard InChI is InChI=1S/C25H47NO3/c1-18(2)14-20(15-19(3)4)10-11-21(27)12-13-23(28)29-22-16-24(5,6)26(9)25(7,8)17-22/h18-20,22H,10-17H2,1-9H3. The Hall–Kier alpha value is -0.900. The van der Waals surface area contributed by atoms with Gasteiger partial charge < -0.3 is 4.74 Å². The summed E-state index contributed by atoms with van der Waals surface area (Å²) in [7, 11) is 2.14. The summed E-state index contributed by atoms with van der Waals surface area (Å²) in [4.78, 5) is 27.1. The predicted molar refractivity (Wildman–Crippen MR) is 121 cm³/mol. The molecule has 0 aliphatic carbocycles. The highest BCUT2D eigenvalue weighted by Gasteiger charge is 2.44. The molecule has 4 nitrogen and oxygen atoms in total. The fraction of sp³-hybridized carbons (Fsp3) is 0.920. The Bertz CT molecular complexity index is 508. The maximum absolute atomic E-state index is 12.4. The summed E-state index contributed by atoms with van der Waals surface area (Å²) in [5, 5.41) is 0. The molecule has 0 aromatic heterocycles. The van der Waals surface area contributed by atoms with E-state index in [0.717, 1.165) is 19.3 Å². The molecule has 1 saturated heterocycles. The number of esters is 1. The van der Waals surface area contributed by atoms with Gasteiger partial charge in [0.2, 0.25) is 0 Å². The van der Waals surface area contributed by atoms with Gasteiger partial charge in [-0.1, -0.05) is 27.7 Å². The van der Waals surface area contributed by atoms with Crippen molar-refractivity contribution in [3.05, 3.63) is 0 Å². The molecular weight excluding hydrogens is 362 g/mol. The predicted octanol–water partition coefficient (Wildman–Crippen LogP) is 6.02.